The third-order valence-corrected chi connectivity index (χ3v) is 8.15. The number of methoxy groups -OCH3 is 1. The Morgan fingerprint density at radius 3 is 2.41 bits per heavy atom. The SMILES string of the molecule is COc1ccc(CN(Cc2ccccc2)C(c2cc3ccc(C)cc3[nH]c2=O)c2nnnn2C2CCCCC2)cc1. The van der Waals surface area contributed by atoms with Crippen LogP contribution in [0.1, 0.15) is 72.3 Å². The number of aromatic amines is 1. The van der Waals surface area contributed by atoms with E-state index in [1.54, 1.807) is 7.11 Å². The van der Waals surface area contributed by atoms with Crippen LogP contribution in [0.2, 0.25) is 0 Å². The first-order chi connectivity index (χ1) is 20.1. The summed E-state index contributed by atoms with van der Waals surface area (Å²) in [7, 11) is 1.67. The summed E-state index contributed by atoms with van der Waals surface area (Å²) < 4.78 is 7.40. The Morgan fingerprint density at radius 2 is 1.68 bits per heavy atom. The molecule has 2 aromatic heterocycles. The summed E-state index contributed by atoms with van der Waals surface area (Å²) in [6.45, 7) is 3.23. The molecule has 2 heterocycles. The topological polar surface area (TPSA) is 88.9 Å². The van der Waals surface area contributed by atoms with Crippen molar-refractivity contribution >= 4 is 10.9 Å². The predicted molar refractivity (Wildman–Crippen MR) is 160 cm³/mol. The van der Waals surface area contributed by atoms with Crippen molar-refractivity contribution in [2.24, 2.45) is 0 Å². The van der Waals surface area contributed by atoms with Crippen LogP contribution in [0.4, 0.5) is 0 Å². The van der Waals surface area contributed by atoms with Gasteiger partial charge in [0.25, 0.3) is 5.56 Å². The maximum absolute atomic E-state index is 13.9. The Bertz CT molecular complexity index is 1660. The summed E-state index contributed by atoms with van der Waals surface area (Å²) in [5, 5.41) is 14.3. The van der Waals surface area contributed by atoms with Crippen molar-refractivity contribution < 1.29 is 4.74 Å². The van der Waals surface area contributed by atoms with Gasteiger partial charge in [0.05, 0.1) is 13.2 Å². The summed E-state index contributed by atoms with van der Waals surface area (Å²) >= 11 is 0. The molecular weight excluding hydrogens is 512 g/mol. The van der Waals surface area contributed by atoms with Crippen molar-refractivity contribution in [3.05, 3.63) is 117 Å². The zero-order valence-electron chi connectivity index (χ0n) is 23.7. The van der Waals surface area contributed by atoms with Crippen molar-refractivity contribution in [1.82, 2.24) is 30.1 Å². The molecule has 3 aromatic carbocycles. The van der Waals surface area contributed by atoms with E-state index in [1.165, 1.54) is 6.42 Å². The van der Waals surface area contributed by atoms with Gasteiger partial charge in [-0.2, -0.15) is 0 Å². The molecule has 0 amide bonds. The Labute approximate surface area is 240 Å². The molecule has 0 spiro atoms. The molecule has 8 nitrogen and oxygen atoms in total. The van der Waals surface area contributed by atoms with E-state index in [0.29, 0.717) is 24.5 Å². The lowest BCUT2D eigenvalue weighted by Gasteiger charge is -2.33. The van der Waals surface area contributed by atoms with Gasteiger partial charge in [0, 0.05) is 24.2 Å². The number of fused-ring (bicyclic) bond motifs is 1. The zero-order chi connectivity index (χ0) is 28.2. The minimum atomic E-state index is -0.469. The number of aromatic nitrogens is 5. The second-order valence-electron chi connectivity index (χ2n) is 11.1. The summed E-state index contributed by atoms with van der Waals surface area (Å²) in [6.07, 6.45) is 5.62. The van der Waals surface area contributed by atoms with Gasteiger partial charge in [0.1, 0.15) is 11.8 Å². The highest BCUT2D eigenvalue weighted by Gasteiger charge is 2.33. The largest absolute Gasteiger partial charge is 0.497 e. The van der Waals surface area contributed by atoms with Crippen LogP contribution in [0.5, 0.6) is 5.75 Å². The number of H-pyrrole nitrogens is 1. The molecular formula is C33H36N6O2. The minimum absolute atomic E-state index is 0.126. The summed E-state index contributed by atoms with van der Waals surface area (Å²) in [5.74, 6) is 1.51. The lowest BCUT2D eigenvalue weighted by atomic mass is 9.95. The Morgan fingerprint density at radius 1 is 0.951 bits per heavy atom. The van der Waals surface area contributed by atoms with E-state index in [9.17, 15) is 4.79 Å². The third kappa shape index (κ3) is 5.93. The predicted octanol–water partition coefficient (Wildman–Crippen LogP) is 6.13. The van der Waals surface area contributed by atoms with Crippen LogP contribution in [0.25, 0.3) is 10.9 Å². The van der Waals surface area contributed by atoms with Crippen molar-refractivity contribution in [1.29, 1.82) is 0 Å². The van der Waals surface area contributed by atoms with Gasteiger partial charge in [0.15, 0.2) is 5.82 Å². The maximum Gasteiger partial charge on any atom is 0.253 e. The Kier molecular flexibility index (Phi) is 7.91. The van der Waals surface area contributed by atoms with Crippen LogP contribution in [0, 0.1) is 6.92 Å². The van der Waals surface area contributed by atoms with E-state index in [0.717, 1.165) is 59.0 Å². The minimum Gasteiger partial charge on any atom is -0.497 e. The van der Waals surface area contributed by atoms with Crippen molar-refractivity contribution in [3.63, 3.8) is 0 Å². The number of ether oxygens (including phenoxy) is 1. The van der Waals surface area contributed by atoms with Crippen molar-refractivity contribution in [2.75, 3.05) is 7.11 Å². The van der Waals surface area contributed by atoms with E-state index in [1.807, 2.05) is 54.1 Å². The Hall–Kier alpha value is -4.30. The van der Waals surface area contributed by atoms with Crippen LogP contribution < -0.4 is 10.3 Å². The molecule has 0 aliphatic heterocycles. The molecule has 1 fully saturated rings. The normalized spacial score (nSPS) is 14.9. The molecule has 1 unspecified atom stereocenters. The fourth-order valence-electron chi connectivity index (χ4n) is 6.02. The first-order valence-electron chi connectivity index (χ1n) is 14.4. The fourth-order valence-corrected chi connectivity index (χ4v) is 6.02. The summed E-state index contributed by atoms with van der Waals surface area (Å²) in [5.41, 5.74) is 4.70. The number of pyridine rings is 1. The quantitative estimate of drug-likeness (QED) is 0.238. The standard InChI is InChI=1S/C33H36N6O2/c1-23-13-16-26-20-29(33(40)34-30(26)19-23)31(32-35-36-37-39(32)27-11-7-4-8-12-27)38(21-24-9-5-3-6-10-24)22-25-14-17-28(41-2)18-15-25/h3,5-6,9-10,13-20,27,31H,4,7-8,11-12,21-22H2,1-2H3,(H,34,40). The number of aryl methyl sites for hydroxylation is 1. The molecule has 1 atom stereocenters. The second-order valence-corrected chi connectivity index (χ2v) is 11.1. The van der Waals surface area contributed by atoms with E-state index in [4.69, 9.17) is 4.74 Å². The van der Waals surface area contributed by atoms with Gasteiger partial charge in [0.2, 0.25) is 0 Å². The number of nitrogens with zero attached hydrogens (tertiary/aromatic N) is 5. The zero-order valence-corrected chi connectivity index (χ0v) is 23.7. The molecule has 0 bridgehead atoms. The van der Waals surface area contributed by atoms with Crippen LogP contribution in [0.3, 0.4) is 0 Å². The summed E-state index contributed by atoms with van der Waals surface area (Å²) in [4.78, 5) is 19.4. The lowest BCUT2D eigenvalue weighted by molar-refractivity contribution is 0.186. The van der Waals surface area contributed by atoms with Gasteiger partial charge in [-0.1, -0.05) is 73.9 Å². The van der Waals surface area contributed by atoms with Gasteiger partial charge < -0.3 is 9.72 Å². The molecule has 1 saturated carbocycles. The highest BCUT2D eigenvalue weighted by molar-refractivity contribution is 5.79. The number of nitrogens with one attached hydrogen (secondary N) is 1. The van der Waals surface area contributed by atoms with Gasteiger partial charge >= 0.3 is 0 Å². The highest BCUT2D eigenvalue weighted by atomic mass is 16.5. The molecule has 1 aliphatic rings. The van der Waals surface area contributed by atoms with E-state index in [2.05, 4.69) is 61.8 Å². The van der Waals surface area contributed by atoms with Gasteiger partial charge in [-0.3, -0.25) is 9.69 Å². The van der Waals surface area contributed by atoms with E-state index in [-0.39, 0.29) is 11.6 Å². The molecule has 1 N–H and O–H groups in total. The van der Waals surface area contributed by atoms with E-state index < -0.39 is 6.04 Å². The first-order valence-corrected chi connectivity index (χ1v) is 14.4. The van der Waals surface area contributed by atoms with Crippen molar-refractivity contribution in [3.8, 4) is 5.75 Å². The second kappa shape index (κ2) is 12.1. The molecule has 41 heavy (non-hydrogen) atoms. The number of hydrogen-bond donors (Lipinski definition) is 1. The average Bonchev–Trinajstić information content (AvgIpc) is 3.48. The van der Waals surface area contributed by atoms with Crippen LogP contribution in [-0.2, 0) is 13.1 Å². The molecule has 5 aromatic rings. The van der Waals surface area contributed by atoms with Crippen LogP contribution >= 0.6 is 0 Å². The number of rotatable bonds is 9. The lowest BCUT2D eigenvalue weighted by Crippen LogP contribution is -2.35. The fraction of sp³-hybridized carbons (Fsp3) is 0.333. The van der Waals surface area contributed by atoms with Crippen LogP contribution in [-0.4, -0.2) is 37.2 Å². The average molecular weight is 549 g/mol. The molecule has 0 saturated heterocycles. The smallest absolute Gasteiger partial charge is 0.253 e. The first kappa shape index (κ1) is 26.9. The van der Waals surface area contributed by atoms with Gasteiger partial charge in [-0.05, 0) is 76.5 Å². The molecule has 8 heteroatoms. The Balaban J connectivity index is 1.51. The van der Waals surface area contributed by atoms with Crippen LogP contribution in [0.15, 0.2) is 83.7 Å². The highest BCUT2D eigenvalue weighted by Crippen LogP contribution is 2.34. The number of benzene rings is 3. The van der Waals surface area contributed by atoms with E-state index >= 15 is 0 Å². The molecule has 6 rings (SSSR count). The third-order valence-electron chi connectivity index (χ3n) is 8.15. The van der Waals surface area contributed by atoms with Crippen molar-refractivity contribution in [2.45, 2.75) is 64.2 Å². The van der Waals surface area contributed by atoms with Gasteiger partial charge in [-0.15, -0.1) is 5.10 Å². The maximum atomic E-state index is 13.9. The van der Waals surface area contributed by atoms with Gasteiger partial charge in [-0.25, -0.2) is 4.68 Å². The summed E-state index contributed by atoms with van der Waals surface area (Å²) in [6, 6.07) is 26.4. The molecule has 0 radical (unpaired) electrons. The molecule has 210 valence electrons. The number of tetrazole rings is 1. The monoisotopic (exact) mass is 548 g/mol. The number of hydrogen-bond acceptors (Lipinski definition) is 6. The molecule has 1 aliphatic carbocycles.